The maximum atomic E-state index is 8.76. The van der Waals surface area contributed by atoms with Crippen molar-refractivity contribution < 1.29 is 0 Å². The summed E-state index contributed by atoms with van der Waals surface area (Å²) in [6, 6.07) is 9.81. The fraction of sp³-hybridized carbons (Fsp3) is 0.0909. The molecule has 0 radical (unpaired) electrons. The summed E-state index contributed by atoms with van der Waals surface area (Å²) in [4.78, 5) is 4.20. The number of benzene rings is 1. The van der Waals surface area contributed by atoms with Crippen LogP contribution in [0.2, 0.25) is 0 Å². The summed E-state index contributed by atoms with van der Waals surface area (Å²) in [6.07, 6.45) is 3.52. The van der Waals surface area contributed by atoms with E-state index in [1.54, 1.807) is 23.0 Å². The fourth-order valence-corrected chi connectivity index (χ4v) is 1.45. The number of imidazole rings is 1. The van der Waals surface area contributed by atoms with Crippen LogP contribution in [-0.4, -0.2) is 9.55 Å². The van der Waals surface area contributed by atoms with Crippen molar-refractivity contribution in [2.24, 2.45) is 0 Å². The summed E-state index contributed by atoms with van der Waals surface area (Å²) in [5.74, 6) is 0. The summed E-state index contributed by atoms with van der Waals surface area (Å²) in [7, 11) is 0. The van der Waals surface area contributed by atoms with Crippen molar-refractivity contribution in [3.05, 3.63) is 42.4 Å². The van der Waals surface area contributed by atoms with Crippen LogP contribution in [0.1, 0.15) is 5.56 Å². The van der Waals surface area contributed by atoms with Crippen molar-refractivity contribution >= 4 is 11.6 Å². The second-order valence-corrected chi connectivity index (χ2v) is 3.32. The second kappa shape index (κ2) is 4.16. The Hall–Kier alpha value is -1.79. The Morgan fingerprint density at radius 3 is 3.00 bits per heavy atom. The van der Waals surface area contributed by atoms with Gasteiger partial charge in [0.1, 0.15) is 0 Å². The van der Waals surface area contributed by atoms with E-state index in [9.17, 15) is 0 Å². The zero-order valence-electron chi connectivity index (χ0n) is 7.89. The minimum atomic E-state index is 0.380. The molecule has 1 heterocycles. The lowest BCUT2D eigenvalue weighted by atomic mass is 10.1. The molecule has 0 atom stereocenters. The Kier molecular flexibility index (Phi) is 2.70. The van der Waals surface area contributed by atoms with Gasteiger partial charge in [0.15, 0.2) is 0 Å². The van der Waals surface area contributed by atoms with Crippen LogP contribution < -0.4 is 0 Å². The first-order chi connectivity index (χ1) is 7.33. The highest BCUT2D eigenvalue weighted by Gasteiger charge is 2.02. The highest BCUT2D eigenvalue weighted by Crippen LogP contribution is 2.18. The minimum Gasteiger partial charge on any atom is -0.323 e. The molecule has 1 aromatic heterocycles. The molecule has 0 N–H and O–H groups in total. The lowest BCUT2D eigenvalue weighted by Crippen LogP contribution is -1.84. The molecular weight excluding hydrogens is 210 g/mol. The molecule has 4 heteroatoms. The van der Waals surface area contributed by atoms with Crippen LogP contribution in [0.4, 0.5) is 0 Å². The monoisotopic (exact) mass is 217 g/mol. The molecule has 0 aliphatic rings. The van der Waals surface area contributed by atoms with Gasteiger partial charge >= 0.3 is 0 Å². The molecule has 3 nitrogen and oxygen atoms in total. The number of rotatable bonds is 2. The SMILES string of the molecule is N#Cc1cccc(-c2cn(CCl)cn2)c1. The maximum absolute atomic E-state index is 8.76. The van der Waals surface area contributed by atoms with Gasteiger partial charge in [-0.05, 0) is 12.1 Å². The van der Waals surface area contributed by atoms with Crippen LogP contribution in [-0.2, 0) is 6.00 Å². The van der Waals surface area contributed by atoms with Gasteiger partial charge < -0.3 is 4.57 Å². The van der Waals surface area contributed by atoms with E-state index < -0.39 is 0 Å². The Labute approximate surface area is 92.6 Å². The van der Waals surface area contributed by atoms with Gasteiger partial charge in [-0.25, -0.2) is 4.98 Å². The lowest BCUT2D eigenvalue weighted by molar-refractivity contribution is 0.881. The Morgan fingerprint density at radius 1 is 1.47 bits per heavy atom. The molecule has 15 heavy (non-hydrogen) atoms. The van der Waals surface area contributed by atoms with E-state index in [0.29, 0.717) is 11.6 Å². The van der Waals surface area contributed by atoms with Crippen LogP contribution in [0.25, 0.3) is 11.3 Å². The first-order valence-corrected chi connectivity index (χ1v) is 4.95. The number of halogens is 1. The third kappa shape index (κ3) is 2.00. The first kappa shape index (κ1) is 9.75. The highest BCUT2D eigenvalue weighted by molar-refractivity contribution is 6.15. The molecule has 0 saturated heterocycles. The topological polar surface area (TPSA) is 41.6 Å². The molecule has 0 unspecified atom stereocenters. The molecule has 0 aliphatic heterocycles. The van der Waals surface area contributed by atoms with Crippen molar-refractivity contribution in [1.29, 1.82) is 5.26 Å². The number of hydrogen-bond acceptors (Lipinski definition) is 2. The highest BCUT2D eigenvalue weighted by atomic mass is 35.5. The Morgan fingerprint density at radius 2 is 2.33 bits per heavy atom. The van der Waals surface area contributed by atoms with Gasteiger partial charge in [0, 0.05) is 11.8 Å². The van der Waals surface area contributed by atoms with E-state index >= 15 is 0 Å². The Balaban J connectivity index is 2.41. The lowest BCUT2D eigenvalue weighted by Gasteiger charge is -1.96. The average molecular weight is 218 g/mol. The van der Waals surface area contributed by atoms with E-state index in [4.69, 9.17) is 16.9 Å². The quantitative estimate of drug-likeness (QED) is 0.726. The number of alkyl halides is 1. The van der Waals surface area contributed by atoms with Crippen LogP contribution in [0.3, 0.4) is 0 Å². The van der Waals surface area contributed by atoms with Crippen molar-refractivity contribution in [1.82, 2.24) is 9.55 Å². The zero-order chi connectivity index (χ0) is 10.7. The average Bonchev–Trinajstić information content (AvgIpc) is 2.78. The minimum absolute atomic E-state index is 0.380. The molecule has 2 rings (SSSR count). The summed E-state index contributed by atoms with van der Waals surface area (Å²) in [5.41, 5.74) is 2.39. The molecule has 74 valence electrons. The smallest absolute Gasteiger partial charge is 0.0991 e. The van der Waals surface area contributed by atoms with Crippen molar-refractivity contribution in [3.8, 4) is 17.3 Å². The predicted octanol–water partition coefficient (Wildman–Crippen LogP) is 2.62. The molecule has 0 saturated carbocycles. The second-order valence-electron chi connectivity index (χ2n) is 3.09. The van der Waals surface area contributed by atoms with Gasteiger partial charge in [-0.15, -0.1) is 11.6 Å². The van der Waals surface area contributed by atoms with Crippen LogP contribution >= 0.6 is 11.6 Å². The van der Waals surface area contributed by atoms with Crippen LogP contribution in [0, 0.1) is 11.3 Å². The standard InChI is InChI=1S/C11H8ClN3/c12-7-15-6-11(14-8-15)10-3-1-2-9(4-10)5-13/h1-4,6,8H,7H2. The largest absolute Gasteiger partial charge is 0.323 e. The zero-order valence-corrected chi connectivity index (χ0v) is 8.65. The molecule has 0 spiro atoms. The number of aromatic nitrogens is 2. The molecular formula is C11H8ClN3. The third-order valence-corrected chi connectivity index (χ3v) is 2.33. The van der Waals surface area contributed by atoms with Crippen LogP contribution in [0.5, 0.6) is 0 Å². The van der Waals surface area contributed by atoms with Crippen molar-refractivity contribution in [2.45, 2.75) is 6.00 Å². The first-order valence-electron chi connectivity index (χ1n) is 4.42. The molecule has 0 aliphatic carbocycles. The normalized spacial score (nSPS) is 9.87. The van der Waals surface area contributed by atoms with E-state index in [1.807, 2.05) is 18.3 Å². The molecule has 2 aromatic rings. The van der Waals surface area contributed by atoms with E-state index in [0.717, 1.165) is 11.3 Å². The number of nitrogens with zero attached hydrogens (tertiary/aromatic N) is 3. The van der Waals surface area contributed by atoms with Crippen molar-refractivity contribution in [3.63, 3.8) is 0 Å². The van der Waals surface area contributed by atoms with Gasteiger partial charge in [0.05, 0.1) is 29.7 Å². The van der Waals surface area contributed by atoms with Gasteiger partial charge in [-0.3, -0.25) is 0 Å². The van der Waals surface area contributed by atoms with Gasteiger partial charge in [-0.2, -0.15) is 5.26 Å². The van der Waals surface area contributed by atoms with Gasteiger partial charge in [0.2, 0.25) is 0 Å². The summed E-state index contributed by atoms with van der Waals surface area (Å²) in [5, 5.41) is 8.76. The van der Waals surface area contributed by atoms with Crippen molar-refractivity contribution in [2.75, 3.05) is 0 Å². The van der Waals surface area contributed by atoms with E-state index in [2.05, 4.69) is 11.1 Å². The van der Waals surface area contributed by atoms with Gasteiger partial charge in [-0.1, -0.05) is 12.1 Å². The third-order valence-electron chi connectivity index (χ3n) is 2.06. The summed E-state index contributed by atoms with van der Waals surface area (Å²) < 4.78 is 1.77. The van der Waals surface area contributed by atoms with E-state index in [-0.39, 0.29) is 0 Å². The number of hydrogen-bond donors (Lipinski definition) is 0. The molecule has 0 fully saturated rings. The van der Waals surface area contributed by atoms with Gasteiger partial charge in [0.25, 0.3) is 0 Å². The molecule has 0 bridgehead atoms. The van der Waals surface area contributed by atoms with Crippen LogP contribution in [0.15, 0.2) is 36.8 Å². The predicted molar refractivity (Wildman–Crippen MR) is 58.2 cm³/mol. The van der Waals surface area contributed by atoms with E-state index in [1.165, 1.54) is 0 Å². The molecule has 0 amide bonds. The maximum Gasteiger partial charge on any atom is 0.0991 e. The summed E-state index contributed by atoms with van der Waals surface area (Å²) >= 11 is 5.66. The summed E-state index contributed by atoms with van der Waals surface area (Å²) in [6.45, 7) is 0. The fourth-order valence-electron chi connectivity index (χ4n) is 1.32. The number of nitriles is 1. The Bertz CT molecular complexity index is 511. The molecule has 1 aromatic carbocycles.